The summed E-state index contributed by atoms with van der Waals surface area (Å²) in [6.45, 7) is 0. The zero-order valence-electron chi connectivity index (χ0n) is 17.0. The minimum absolute atomic E-state index is 0.226. The van der Waals surface area contributed by atoms with E-state index >= 15 is 0 Å². The highest BCUT2D eigenvalue weighted by atomic mass is 35.5. The summed E-state index contributed by atoms with van der Waals surface area (Å²) in [5.41, 5.74) is 3.54. The Morgan fingerprint density at radius 2 is 1.84 bits per heavy atom. The van der Waals surface area contributed by atoms with Crippen molar-refractivity contribution in [3.63, 3.8) is 0 Å². The third kappa shape index (κ3) is 3.21. The van der Waals surface area contributed by atoms with Crippen molar-refractivity contribution in [2.24, 2.45) is 0 Å². The molecule has 0 saturated carbocycles. The zero-order valence-corrected chi connectivity index (χ0v) is 17.8. The number of nitrogens with zero attached hydrogens (tertiary/aromatic N) is 2. The SMILES string of the molecule is CNC(=O)c1c(-c2cc(Cl)c3ncccc3c2)c(-c2ccccc2)nc2[nH]ccc(=O)c12. The molecule has 7 heteroatoms. The van der Waals surface area contributed by atoms with E-state index in [0.29, 0.717) is 33.0 Å². The monoisotopic (exact) mass is 440 g/mol. The van der Waals surface area contributed by atoms with Gasteiger partial charge in [-0.25, -0.2) is 4.98 Å². The lowest BCUT2D eigenvalue weighted by molar-refractivity contribution is 0.0965. The molecule has 0 spiro atoms. The molecule has 5 aromatic rings. The van der Waals surface area contributed by atoms with Gasteiger partial charge in [-0.2, -0.15) is 0 Å². The van der Waals surface area contributed by atoms with Gasteiger partial charge in [-0.05, 0) is 23.8 Å². The Balaban J connectivity index is 2.00. The molecule has 6 nitrogen and oxygen atoms in total. The topological polar surface area (TPSA) is 87.7 Å². The Morgan fingerprint density at radius 3 is 2.62 bits per heavy atom. The number of pyridine rings is 3. The predicted molar refractivity (Wildman–Crippen MR) is 127 cm³/mol. The van der Waals surface area contributed by atoms with Crippen LogP contribution in [-0.2, 0) is 0 Å². The van der Waals surface area contributed by atoms with Crippen LogP contribution in [-0.4, -0.2) is 27.9 Å². The van der Waals surface area contributed by atoms with Crippen LogP contribution in [0.15, 0.2) is 77.9 Å². The van der Waals surface area contributed by atoms with E-state index in [1.54, 1.807) is 12.3 Å². The van der Waals surface area contributed by atoms with E-state index in [9.17, 15) is 9.59 Å². The van der Waals surface area contributed by atoms with Crippen molar-refractivity contribution in [2.75, 3.05) is 7.05 Å². The van der Waals surface area contributed by atoms with Gasteiger partial charge in [0.25, 0.3) is 5.91 Å². The lowest BCUT2D eigenvalue weighted by atomic mass is 9.91. The molecular formula is C25H17ClN4O2. The fourth-order valence-electron chi connectivity index (χ4n) is 3.94. The number of amides is 1. The molecule has 2 N–H and O–H groups in total. The Kier molecular flexibility index (Phi) is 4.92. The van der Waals surface area contributed by atoms with Crippen molar-refractivity contribution in [3.8, 4) is 22.4 Å². The minimum atomic E-state index is -0.385. The van der Waals surface area contributed by atoms with Crippen LogP contribution >= 0.6 is 11.6 Å². The summed E-state index contributed by atoms with van der Waals surface area (Å²) in [6.07, 6.45) is 3.20. The maximum Gasteiger partial charge on any atom is 0.252 e. The average Bonchev–Trinajstić information content (AvgIpc) is 2.83. The Hall–Kier alpha value is -4.03. The third-order valence-corrected chi connectivity index (χ3v) is 5.63. The molecule has 32 heavy (non-hydrogen) atoms. The highest BCUT2D eigenvalue weighted by Crippen LogP contribution is 2.39. The summed E-state index contributed by atoms with van der Waals surface area (Å²) >= 11 is 6.57. The molecule has 1 amide bonds. The van der Waals surface area contributed by atoms with Gasteiger partial charge in [-0.15, -0.1) is 0 Å². The number of carbonyl (C=O) groups excluding carboxylic acids is 1. The first-order chi connectivity index (χ1) is 15.6. The van der Waals surface area contributed by atoms with Crippen LogP contribution in [0.1, 0.15) is 10.4 Å². The van der Waals surface area contributed by atoms with Gasteiger partial charge in [0.1, 0.15) is 5.65 Å². The number of nitrogens with one attached hydrogen (secondary N) is 2. The van der Waals surface area contributed by atoms with Gasteiger partial charge in [0.05, 0.1) is 27.2 Å². The van der Waals surface area contributed by atoms with Crippen LogP contribution in [0.25, 0.3) is 44.3 Å². The zero-order chi connectivity index (χ0) is 22.2. The van der Waals surface area contributed by atoms with E-state index < -0.39 is 0 Å². The highest BCUT2D eigenvalue weighted by molar-refractivity contribution is 6.35. The molecule has 0 bridgehead atoms. The second kappa shape index (κ2) is 7.90. The maximum atomic E-state index is 13.2. The van der Waals surface area contributed by atoms with E-state index in [-0.39, 0.29) is 22.3 Å². The number of rotatable bonds is 3. The number of benzene rings is 2. The second-order valence-corrected chi connectivity index (χ2v) is 7.66. The van der Waals surface area contributed by atoms with Crippen molar-refractivity contribution >= 4 is 39.4 Å². The van der Waals surface area contributed by atoms with Gasteiger partial charge in [0, 0.05) is 42.0 Å². The first-order valence-electron chi connectivity index (χ1n) is 9.96. The molecule has 3 heterocycles. The molecule has 0 atom stereocenters. The predicted octanol–water partition coefficient (Wildman–Crippen LogP) is 4.82. The molecule has 0 aliphatic heterocycles. The summed E-state index contributed by atoms with van der Waals surface area (Å²) in [7, 11) is 1.54. The van der Waals surface area contributed by atoms with Crippen LogP contribution in [0.2, 0.25) is 5.02 Å². The highest BCUT2D eigenvalue weighted by Gasteiger charge is 2.25. The first kappa shape index (κ1) is 19.9. The minimum Gasteiger partial charge on any atom is -0.355 e. The van der Waals surface area contributed by atoms with Crippen molar-refractivity contribution in [1.82, 2.24) is 20.3 Å². The third-order valence-electron chi connectivity index (χ3n) is 5.35. The molecule has 0 radical (unpaired) electrons. The number of aromatic nitrogens is 3. The van der Waals surface area contributed by atoms with Crippen LogP contribution < -0.4 is 10.7 Å². The molecule has 0 aliphatic rings. The lowest BCUT2D eigenvalue weighted by Crippen LogP contribution is -2.22. The molecule has 0 saturated heterocycles. The summed E-state index contributed by atoms with van der Waals surface area (Å²) in [5, 5.41) is 4.17. The summed E-state index contributed by atoms with van der Waals surface area (Å²) < 4.78 is 0. The molecule has 0 unspecified atom stereocenters. The van der Waals surface area contributed by atoms with Crippen molar-refractivity contribution in [3.05, 3.63) is 93.9 Å². The molecular weight excluding hydrogens is 424 g/mol. The number of aromatic amines is 1. The Bertz CT molecular complexity index is 1560. The molecule has 3 aromatic heterocycles. The summed E-state index contributed by atoms with van der Waals surface area (Å²) in [6, 6.07) is 18.3. The van der Waals surface area contributed by atoms with E-state index in [0.717, 1.165) is 10.9 Å². The smallest absolute Gasteiger partial charge is 0.252 e. The number of hydrogen-bond donors (Lipinski definition) is 2. The van der Waals surface area contributed by atoms with Crippen molar-refractivity contribution in [1.29, 1.82) is 0 Å². The van der Waals surface area contributed by atoms with E-state index in [2.05, 4.69) is 15.3 Å². The molecule has 2 aromatic carbocycles. The van der Waals surface area contributed by atoms with Gasteiger partial charge in [0.2, 0.25) is 0 Å². The van der Waals surface area contributed by atoms with Crippen LogP contribution in [0.5, 0.6) is 0 Å². The number of halogens is 1. The fraction of sp³-hybridized carbons (Fsp3) is 0.0400. The van der Waals surface area contributed by atoms with Gasteiger partial charge in [-0.1, -0.05) is 48.0 Å². The van der Waals surface area contributed by atoms with Gasteiger partial charge in [0.15, 0.2) is 5.43 Å². The van der Waals surface area contributed by atoms with E-state index in [1.807, 2.05) is 48.5 Å². The van der Waals surface area contributed by atoms with Gasteiger partial charge < -0.3 is 10.3 Å². The Morgan fingerprint density at radius 1 is 1.03 bits per heavy atom. The van der Waals surface area contributed by atoms with Gasteiger partial charge in [-0.3, -0.25) is 14.6 Å². The number of fused-ring (bicyclic) bond motifs is 2. The van der Waals surface area contributed by atoms with Gasteiger partial charge >= 0.3 is 0 Å². The quantitative estimate of drug-likeness (QED) is 0.421. The fourth-order valence-corrected chi connectivity index (χ4v) is 4.22. The standard InChI is InChI=1S/C25H17ClN4O2/c1-27-25(32)21-19(16-12-15-8-5-10-28-22(15)17(26)13-16)23(14-6-3-2-4-7-14)30-24-20(21)18(31)9-11-29-24/h2-13H,1H3,(H,27,32)(H,29,30,31). The normalized spacial score (nSPS) is 11.1. The van der Waals surface area contributed by atoms with Crippen LogP contribution in [0.4, 0.5) is 0 Å². The average molecular weight is 441 g/mol. The largest absolute Gasteiger partial charge is 0.355 e. The maximum absolute atomic E-state index is 13.2. The second-order valence-electron chi connectivity index (χ2n) is 7.25. The van der Waals surface area contributed by atoms with E-state index in [1.165, 1.54) is 19.3 Å². The van der Waals surface area contributed by atoms with Crippen LogP contribution in [0.3, 0.4) is 0 Å². The van der Waals surface area contributed by atoms with E-state index in [4.69, 9.17) is 16.6 Å². The summed E-state index contributed by atoms with van der Waals surface area (Å²) in [4.78, 5) is 38.2. The van der Waals surface area contributed by atoms with Crippen LogP contribution in [0, 0.1) is 0 Å². The molecule has 0 fully saturated rings. The number of hydrogen-bond acceptors (Lipinski definition) is 4. The number of H-pyrrole nitrogens is 1. The lowest BCUT2D eigenvalue weighted by Gasteiger charge is -2.17. The summed E-state index contributed by atoms with van der Waals surface area (Å²) in [5.74, 6) is -0.385. The first-order valence-corrected chi connectivity index (χ1v) is 10.3. The Labute approximate surface area is 187 Å². The molecule has 0 aliphatic carbocycles. The molecule has 5 rings (SSSR count). The van der Waals surface area contributed by atoms with Crippen molar-refractivity contribution < 1.29 is 4.79 Å². The number of carbonyl (C=O) groups is 1. The van der Waals surface area contributed by atoms with Crippen molar-refractivity contribution in [2.45, 2.75) is 0 Å². The molecule has 156 valence electrons.